The van der Waals surface area contributed by atoms with E-state index in [0.717, 1.165) is 0 Å². The highest BCUT2D eigenvalue weighted by Crippen LogP contribution is 2.33. The van der Waals surface area contributed by atoms with Crippen LogP contribution in [0.1, 0.15) is 20.3 Å². The molecular formula is C16H19N3O3. The number of hydrogen-bond donors (Lipinski definition) is 1. The third-order valence-corrected chi connectivity index (χ3v) is 3.46. The lowest BCUT2D eigenvalue weighted by molar-refractivity contribution is -0.125. The third kappa shape index (κ3) is 3.55. The Bertz CT molecular complexity index is 609. The third-order valence-electron chi connectivity index (χ3n) is 3.46. The van der Waals surface area contributed by atoms with Gasteiger partial charge in [-0.25, -0.2) is 0 Å². The van der Waals surface area contributed by atoms with Gasteiger partial charge in [-0.1, -0.05) is 12.1 Å². The Morgan fingerprint density at radius 2 is 2.23 bits per heavy atom. The molecule has 1 aromatic carbocycles. The summed E-state index contributed by atoms with van der Waals surface area (Å²) in [7, 11) is 0. The summed E-state index contributed by atoms with van der Waals surface area (Å²) in [6, 6.07) is 9.33. The van der Waals surface area contributed by atoms with E-state index in [1.807, 2.05) is 12.1 Å². The fourth-order valence-electron chi connectivity index (χ4n) is 2.20. The number of nitriles is 1. The molecule has 22 heavy (non-hydrogen) atoms. The van der Waals surface area contributed by atoms with Gasteiger partial charge < -0.3 is 15.0 Å². The van der Waals surface area contributed by atoms with E-state index in [2.05, 4.69) is 11.4 Å². The van der Waals surface area contributed by atoms with E-state index < -0.39 is 6.10 Å². The molecule has 1 aliphatic rings. The van der Waals surface area contributed by atoms with E-state index in [9.17, 15) is 9.59 Å². The molecule has 1 aromatic rings. The number of para-hydroxylation sites is 2. The van der Waals surface area contributed by atoms with Crippen LogP contribution in [0.2, 0.25) is 0 Å². The van der Waals surface area contributed by atoms with Crippen molar-refractivity contribution in [1.29, 1.82) is 5.26 Å². The van der Waals surface area contributed by atoms with Gasteiger partial charge in [-0.3, -0.25) is 9.59 Å². The number of fused-ring (bicyclic) bond motifs is 1. The molecule has 6 heteroatoms. The summed E-state index contributed by atoms with van der Waals surface area (Å²) in [4.78, 5) is 25.6. The molecule has 0 aliphatic carbocycles. The van der Waals surface area contributed by atoms with Gasteiger partial charge in [-0.15, -0.1) is 0 Å². The topological polar surface area (TPSA) is 82.4 Å². The van der Waals surface area contributed by atoms with Crippen LogP contribution in [0, 0.1) is 17.2 Å². The van der Waals surface area contributed by atoms with Crippen molar-refractivity contribution in [2.75, 3.05) is 18.0 Å². The molecule has 0 aromatic heterocycles. The number of carbonyl (C=O) groups is 2. The maximum absolute atomic E-state index is 12.2. The number of ether oxygens (including phenoxy) is 1. The van der Waals surface area contributed by atoms with Crippen LogP contribution >= 0.6 is 0 Å². The predicted octanol–water partition coefficient (Wildman–Crippen LogP) is 1.47. The Morgan fingerprint density at radius 3 is 2.95 bits per heavy atom. The Balaban J connectivity index is 1.98. The molecule has 0 saturated carbocycles. The molecule has 0 bridgehead atoms. The van der Waals surface area contributed by atoms with Crippen LogP contribution in [0.4, 0.5) is 5.69 Å². The second-order valence-corrected chi connectivity index (χ2v) is 5.30. The molecule has 2 atom stereocenters. The Kier molecular flexibility index (Phi) is 4.99. The SMILES string of the molecule is CC(C#N)CNC(=O)CCN1C(=O)C(C)Oc2ccccc21. The van der Waals surface area contributed by atoms with E-state index in [1.165, 1.54) is 0 Å². The average molecular weight is 301 g/mol. The second-order valence-electron chi connectivity index (χ2n) is 5.30. The highest BCUT2D eigenvalue weighted by atomic mass is 16.5. The largest absolute Gasteiger partial charge is 0.479 e. The van der Waals surface area contributed by atoms with E-state index in [1.54, 1.807) is 30.9 Å². The van der Waals surface area contributed by atoms with Gasteiger partial charge in [0.1, 0.15) is 5.75 Å². The quantitative estimate of drug-likeness (QED) is 0.892. The molecule has 0 saturated heterocycles. The molecule has 0 radical (unpaired) electrons. The van der Waals surface area contributed by atoms with Gasteiger partial charge in [0.25, 0.3) is 5.91 Å². The van der Waals surface area contributed by atoms with Gasteiger partial charge in [-0.2, -0.15) is 5.26 Å². The summed E-state index contributed by atoms with van der Waals surface area (Å²) in [6.45, 7) is 4.04. The van der Waals surface area contributed by atoms with Crippen LogP contribution in [0.25, 0.3) is 0 Å². The Morgan fingerprint density at radius 1 is 1.50 bits per heavy atom. The van der Waals surface area contributed by atoms with Crippen LogP contribution in [0.15, 0.2) is 24.3 Å². The maximum atomic E-state index is 12.2. The summed E-state index contributed by atoms with van der Waals surface area (Å²) >= 11 is 0. The van der Waals surface area contributed by atoms with Crippen molar-refractivity contribution >= 4 is 17.5 Å². The molecule has 0 fully saturated rings. The maximum Gasteiger partial charge on any atom is 0.267 e. The van der Waals surface area contributed by atoms with Crippen LogP contribution in [0.5, 0.6) is 5.75 Å². The molecule has 0 spiro atoms. The molecule has 2 unspecified atom stereocenters. The lowest BCUT2D eigenvalue weighted by atomic mass is 10.1. The number of rotatable bonds is 5. The number of anilines is 1. The first-order valence-corrected chi connectivity index (χ1v) is 7.26. The number of nitrogens with one attached hydrogen (secondary N) is 1. The highest BCUT2D eigenvalue weighted by molar-refractivity contribution is 6.00. The standard InChI is InChI=1S/C16H19N3O3/c1-11(9-17)10-18-15(20)7-8-19-13-5-3-4-6-14(13)22-12(2)16(19)21/h3-6,11-12H,7-8,10H2,1-2H3,(H,18,20). The Labute approximate surface area is 129 Å². The number of amides is 2. The molecule has 1 aliphatic heterocycles. The Hall–Kier alpha value is -2.55. The first-order chi connectivity index (χ1) is 10.5. The van der Waals surface area contributed by atoms with Gasteiger partial charge in [0.05, 0.1) is 17.7 Å². The van der Waals surface area contributed by atoms with Crippen LogP contribution in [0.3, 0.4) is 0 Å². The van der Waals surface area contributed by atoms with E-state index in [0.29, 0.717) is 18.0 Å². The summed E-state index contributed by atoms with van der Waals surface area (Å²) in [5, 5.41) is 11.4. The number of nitrogens with zero attached hydrogens (tertiary/aromatic N) is 2. The summed E-state index contributed by atoms with van der Waals surface area (Å²) in [5.74, 6) is 0.0891. The predicted molar refractivity (Wildman–Crippen MR) is 81.3 cm³/mol. The van der Waals surface area contributed by atoms with Gasteiger partial charge in [0, 0.05) is 19.5 Å². The van der Waals surface area contributed by atoms with E-state index in [-0.39, 0.29) is 30.7 Å². The smallest absolute Gasteiger partial charge is 0.267 e. The van der Waals surface area contributed by atoms with E-state index >= 15 is 0 Å². The summed E-state index contributed by atoms with van der Waals surface area (Å²) in [5.41, 5.74) is 0.684. The number of carbonyl (C=O) groups excluding carboxylic acids is 2. The molecular weight excluding hydrogens is 282 g/mol. The molecule has 6 nitrogen and oxygen atoms in total. The average Bonchev–Trinajstić information content (AvgIpc) is 2.53. The lowest BCUT2D eigenvalue weighted by Crippen LogP contribution is -2.45. The van der Waals surface area contributed by atoms with E-state index in [4.69, 9.17) is 10.00 Å². The minimum atomic E-state index is -0.559. The zero-order valence-corrected chi connectivity index (χ0v) is 12.7. The molecule has 1 heterocycles. The van der Waals surface area contributed by atoms with Crippen molar-refractivity contribution in [2.24, 2.45) is 5.92 Å². The van der Waals surface area contributed by atoms with Crippen LogP contribution in [-0.4, -0.2) is 31.0 Å². The molecule has 2 rings (SSSR count). The van der Waals surface area contributed by atoms with Crippen molar-refractivity contribution in [3.05, 3.63) is 24.3 Å². The minimum Gasteiger partial charge on any atom is -0.479 e. The fraction of sp³-hybridized carbons (Fsp3) is 0.438. The summed E-state index contributed by atoms with van der Waals surface area (Å²) in [6.07, 6.45) is -0.373. The van der Waals surface area contributed by atoms with Gasteiger partial charge in [0.2, 0.25) is 5.91 Å². The first kappa shape index (κ1) is 15.8. The summed E-state index contributed by atoms with van der Waals surface area (Å²) < 4.78 is 5.55. The highest BCUT2D eigenvalue weighted by Gasteiger charge is 2.31. The van der Waals surface area contributed by atoms with Crippen LogP contribution in [-0.2, 0) is 9.59 Å². The van der Waals surface area contributed by atoms with Gasteiger partial charge >= 0.3 is 0 Å². The molecule has 2 amide bonds. The van der Waals surface area contributed by atoms with Crippen molar-refractivity contribution < 1.29 is 14.3 Å². The molecule has 116 valence electrons. The first-order valence-electron chi connectivity index (χ1n) is 7.26. The monoisotopic (exact) mass is 301 g/mol. The van der Waals surface area contributed by atoms with Gasteiger partial charge in [-0.05, 0) is 26.0 Å². The van der Waals surface area contributed by atoms with Crippen LogP contribution < -0.4 is 15.0 Å². The van der Waals surface area contributed by atoms with Crippen molar-refractivity contribution in [2.45, 2.75) is 26.4 Å². The number of hydrogen-bond acceptors (Lipinski definition) is 4. The second kappa shape index (κ2) is 6.94. The van der Waals surface area contributed by atoms with Crippen molar-refractivity contribution in [3.8, 4) is 11.8 Å². The minimum absolute atomic E-state index is 0.156. The van der Waals surface area contributed by atoms with Crippen molar-refractivity contribution in [1.82, 2.24) is 5.32 Å². The zero-order chi connectivity index (χ0) is 16.1. The number of benzene rings is 1. The molecule has 1 N–H and O–H groups in total. The normalized spacial score (nSPS) is 18.0. The van der Waals surface area contributed by atoms with Crippen molar-refractivity contribution in [3.63, 3.8) is 0 Å². The fourth-order valence-corrected chi connectivity index (χ4v) is 2.20. The van der Waals surface area contributed by atoms with Gasteiger partial charge in [0.15, 0.2) is 6.10 Å². The zero-order valence-electron chi connectivity index (χ0n) is 12.7. The lowest BCUT2D eigenvalue weighted by Gasteiger charge is -2.32.